The molecule has 0 aromatic heterocycles. The molecule has 3 nitrogen and oxygen atoms in total. The van der Waals surface area contributed by atoms with E-state index in [1.54, 1.807) is 25.1 Å². The van der Waals surface area contributed by atoms with Crippen molar-refractivity contribution in [1.82, 2.24) is 5.32 Å². The van der Waals surface area contributed by atoms with Crippen LogP contribution in [0.2, 0.25) is 0 Å². The number of hydrogen-bond acceptors (Lipinski definition) is 2. The van der Waals surface area contributed by atoms with Crippen molar-refractivity contribution in [2.75, 3.05) is 5.88 Å². The SMILES string of the molecule is Cc1cccc(C(=O)NC(CCCl)C(C)(C)C)c1O. The summed E-state index contributed by atoms with van der Waals surface area (Å²) >= 11 is 5.79. The van der Waals surface area contributed by atoms with Crippen molar-refractivity contribution in [3.63, 3.8) is 0 Å². The second-order valence-electron chi connectivity index (χ2n) is 5.84. The van der Waals surface area contributed by atoms with Gasteiger partial charge in [0.2, 0.25) is 0 Å². The Bertz CT molecular complexity index is 452. The van der Waals surface area contributed by atoms with Crippen molar-refractivity contribution in [2.24, 2.45) is 5.41 Å². The van der Waals surface area contributed by atoms with Gasteiger partial charge in [0.25, 0.3) is 5.91 Å². The Balaban J connectivity index is 2.91. The molecule has 0 bridgehead atoms. The monoisotopic (exact) mass is 283 g/mol. The molecule has 1 unspecified atom stereocenters. The topological polar surface area (TPSA) is 49.3 Å². The van der Waals surface area contributed by atoms with Crippen LogP contribution in [0.5, 0.6) is 5.75 Å². The molecule has 2 N–H and O–H groups in total. The number of amides is 1. The average molecular weight is 284 g/mol. The molecule has 0 aliphatic rings. The fourth-order valence-corrected chi connectivity index (χ4v) is 2.13. The zero-order valence-corrected chi connectivity index (χ0v) is 12.7. The number of nitrogens with one attached hydrogen (secondary N) is 1. The second-order valence-corrected chi connectivity index (χ2v) is 6.22. The first-order valence-corrected chi connectivity index (χ1v) is 6.96. The molecule has 106 valence electrons. The van der Waals surface area contributed by atoms with Crippen molar-refractivity contribution < 1.29 is 9.90 Å². The predicted octanol–water partition coefficient (Wildman–Crippen LogP) is 3.47. The van der Waals surface area contributed by atoms with Crippen LogP contribution in [0, 0.1) is 12.3 Å². The number of phenolic OH excluding ortho intramolecular Hbond substituents is 1. The molecule has 0 fully saturated rings. The number of hydrogen-bond donors (Lipinski definition) is 2. The molecule has 0 saturated carbocycles. The summed E-state index contributed by atoms with van der Waals surface area (Å²) in [7, 11) is 0. The van der Waals surface area contributed by atoms with E-state index in [1.165, 1.54) is 0 Å². The molecule has 0 radical (unpaired) electrons. The van der Waals surface area contributed by atoms with Gasteiger partial charge in [-0.3, -0.25) is 4.79 Å². The van der Waals surface area contributed by atoms with Gasteiger partial charge in [-0.2, -0.15) is 0 Å². The molecule has 4 heteroatoms. The number of rotatable bonds is 4. The van der Waals surface area contributed by atoms with Crippen molar-refractivity contribution in [1.29, 1.82) is 0 Å². The van der Waals surface area contributed by atoms with Gasteiger partial charge >= 0.3 is 0 Å². The highest BCUT2D eigenvalue weighted by atomic mass is 35.5. The smallest absolute Gasteiger partial charge is 0.255 e. The molecule has 1 atom stereocenters. The van der Waals surface area contributed by atoms with E-state index in [-0.39, 0.29) is 23.1 Å². The van der Waals surface area contributed by atoms with E-state index >= 15 is 0 Å². The fraction of sp³-hybridized carbons (Fsp3) is 0.533. The normalized spacial score (nSPS) is 13.1. The summed E-state index contributed by atoms with van der Waals surface area (Å²) in [5, 5.41) is 12.9. The number of alkyl halides is 1. The number of aryl methyl sites for hydroxylation is 1. The molecule has 0 heterocycles. The summed E-state index contributed by atoms with van der Waals surface area (Å²) in [6.45, 7) is 7.94. The number of carbonyl (C=O) groups excluding carboxylic acids is 1. The van der Waals surface area contributed by atoms with Gasteiger partial charge in [0, 0.05) is 11.9 Å². The highest BCUT2D eigenvalue weighted by Crippen LogP contribution is 2.25. The largest absolute Gasteiger partial charge is 0.507 e. The van der Waals surface area contributed by atoms with Crippen LogP contribution < -0.4 is 5.32 Å². The van der Waals surface area contributed by atoms with Crippen LogP contribution in [0.25, 0.3) is 0 Å². The van der Waals surface area contributed by atoms with Crippen molar-refractivity contribution >= 4 is 17.5 Å². The van der Waals surface area contributed by atoms with Crippen LogP contribution in [0.1, 0.15) is 43.1 Å². The first-order valence-electron chi connectivity index (χ1n) is 6.42. The molecule has 0 aliphatic carbocycles. The van der Waals surface area contributed by atoms with Gasteiger partial charge in [0.1, 0.15) is 5.75 Å². The van der Waals surface area contributed by atoms with Crippen molar-refractivity contribution in [2.45, 2.75) is 40.2 Å². The third-order valence-electron chi connectivity index (χ3n) is 3.23. The zero-order valence-electron chi connectivity index (χ0n) is 12.0. The first-order chi connectivity index (χ1) is 8.77. The number of para-hydroxylation sites is 1. The summed E-state index contributed by atoms with van der Waals surface area (Å²) in [6.07, 6.45) is 0.698. The van der Waals surface area contributed by atoms with Crippen LogP contribution >= 0.6 is 11.6 Å². The Morgan fingerprint density at radius 1 is 1.42 bits per heavy atom. The molecular formula is C15H22ClNO2. The van der Waals surface area contributed by atoms with E-state index in [2.05, 4.69) is 26.1 Å². The van der Waals surface area contributed by atoms with Gasteiger partial charge < -0.3 is 10.4 Å². The predicted molar refractivity (Wildman–Crippen MR) is 78.9 cm³/mol. The summed E-state index contributed by atoms with van der Waals surface area (Å²) in [5.74, 6) is 0.270. The number of aromatic hydroxyl groups is 1. The molecular weight excluding hydrogens is 262 g/mol. The van der Waals surface area contributed by atoms with E-state index in [1.807, 2.05) is 0 Å². The molecule has 1 amide bonds. The minimum absolute atomic E-state index is 0.0302. The zero-order chi connectivity index (χ0) is 14.6. The van der Waals surface area contributed by atoms with Crippen LogP contribution in [0.15, 0.2) is 18.2 Å². The van der Waals surface area contributed by atoms with E-state index in [9.17, 15) is 9.90 Å². The summed E-state index contributed by atoms with van der Waals surface area (Å²) in [5.41, 5.74) is 0.922. The highest BCUT2D eigenvalue weighted by Gasteiger charge is 2.26. The Kier molecular flexibility index (Phi) is 5.24. The summed E-state index contributed by atoms with van der Waals surface area (Å²) in [6, 6.07) is 5.12. The maximum Gasteiger partial charge on any atom is 0.255 e. The Morgan fingerprint density at radius 2 is 2.05 bits per heavy atom. The van der Waals surface area contributed by atoms with Gasteiger partial charge in [-0.1, -0.05) is 32.9 Å². The minimum atomic E-state index is -0.258. The quantitative estimate of drug-likeness (QED) is 0.831. The molecule has 1 aromatic rings. The van der Waals surface area contributed by atoms with E-state index in [4.69, 9.17) is 11.6 Å². The van der Waals surface area contributed by atoms with Gasteiger partial charge in [-0.05, 0) is 30.4 Å². The molecule has 1 rings (SSSR count). The van der Waals surface area contributed by atoms with Crippen LogP contribution in [-0.4, -0.2) is 22.9 Å². The van der Waals surface area contributed by atoms with Crippen molar-refractivity contribution in [3.05, 3.63) is 29.3 Å². The van der Waals surface area contributed by atoms with E-state index < -0.39 is 0 Å². The van der Waals surface area contributed by atoms with Crippen molar-refractivity contribution in [3.8, 4) is 5.75 Å². The fourth-order valence-electron chi connectivity index (χ4n) is 1.91. The molecule has 0 spiro atoms. The number of halogens is 1. The van der Waals surface area contributed by atoms with E-state index in [0.29, 0.717) is 23.4 Å². The lowest BCUT2D eigenvalue weighted by atomic mass is 9.85. The third-order valence-corrected chi connectivity index (χ3v) is 3.45. The highest BCUT2D eigenvalue weighted by molar-refractivity contribution is 6.17. The maximum atomic E-state index is 12.2. The van der Waals surface area contributed by atoms with Gasteiger partial charge in [-0.15, -0.1) is 11.6 Å². The molecule has 1 aromatic carbocycles. The first kappa shape index (κ1) is 15.8. The Hall–Kier alpha value is -1.22. The van der Waals surface area contributed by atoms with Crippen LogP contribution in [0.4, 0.5) is 0 Å². The van der Waals surface area contributed by atoms with Crippen LogP contribution in [0.3, 0.4) is 0 Å². The van der Waals surface area contributed by atoms with E-state index in [0.717, 1.165) is 0 Å². The lowest BCUT2D eigenvalue weighted by Gasteiger charge is -2.31. The maximum absolute atomic E-state index is 12.2. The standard InChI is InChI=1S/C15H22ClNO2/c1-10-6-5-7-11(13(10)18)14(19)17-12(8-9-16)15(2,3)4/h5-7,12,18H,8-9H2,1-4H3,(H,17,19). The number of benzene rings is 1. The third kappa shape index (κ3) is 4.13. The Morgan fingerprint density at radius 3 is 2.58 bits per heavy atom. The summed E-state index contributed by atoms with van der Waals surface area (Å²) < 4.78 is 0. The molecule has 0 saturated heterocycles. The summed E-state index contributed by atoms with van der Waals surface area (Å²) in [4.78, 5) is 12.2. The van der Waals surface area contributed by atoms with Crippen LogP contribution in [-0.2, 0) is 0 Å². The molecule has 0 aliphatic heterocycles. The number of carbonyl (C=O) groups is 1. The van der Waals surface area contributed by atoms with Gasteiger partial charge in [0.05, 0.1) is 5.56 Å². The minimum Gasteiger partial charge on any atom is -0.507 e. The Labute approximate surface area is 120 Å². The van der Waals surface area contributed by atoms with Gasteiger partial charge in [0.15, 0.2) is 0 Å². The lowest BCUT2D eigenvalue weighted by molar-refractivity contribution is 0.0897. The number of phenols is 1. The lowest BCUT2D eigenvalue weighted by Crippen LogP contribution is -2.44. The second kappa shape index (κ2) is 6.29. The molecule has 19 heavy (non-hydrogen) atoms. The average Bonchev–Trinajstić information content (AvgIpc) is 2.30. The van der Waals surface area contributed by atoms with Gasteiger partial charge in [-0.25, -0.2) is 0 Å².